The molecule has 1 unspecified atom stereocenters. The van der Waals surface area contributed by atoms with Gasteiger partial charge in [-0.1, -0.05) is 37.3 Å². The zero-order chi connectivity index (χ0) is 15.2. The summed E-state index contributed by atoms with van der Waals surface area (Å²) in [5.41, 5.74) is 2.97. The highest BCUT2D eigenvalue weighted by molar-refractivity contribution is 5.34. The van der Waals surface area contributed by atoms with Crippen molar-refractivity contribution in [3.63, 3.8) is 0 Å². The summed E-state index contributed by atoms with van der Waals surface area (Å²) in [7, 11) is 0. The number of likely N-dealkylation sites (N-methyl/N-ethyl adjacent to an activating group) is 1. The minimum Gasteiger partial charge on any atom is -0.310 e. The lowest BCUT2D eigenvalue weighted by atomic mass is 9.99. The van der Waals surface area contributed by atoms with Crippen molar-refractivity contribution in [1.82, 2.24) is 10.3 Å². The summed E-state index contributed by atoms with van der Waals surface area (Å²) in [5, 5.41) is 14.2. The number of hydrogen-bond acceptors (Lipinski definition) is 4. The maximum Gasteiger partial charge on any atom is 0.287 e. The Morgan fingerprint density at radius 1 is 1.33 bits per heavy atom. The summed E-state index contributed by atoms with van der Waals surface area (Å²) < 4.78 is 0. The highest BCUT2D eigenvalue weighted by Crippen LogP contribution is 2.21. The number of pyridine rings is 1. The van der Waals surface area contributed by atoms with Crippen LogP contribution < -0.4 is 5.32 Å². The summed E-state index contributed by atoms with van der Waals surface area (Å²) in [6.07, 6.45) is 2.04. The van der Waals surface area contributed by atoms with Crippen LogP contribution in [0.5, 0.6) is 0 Å². The zero-order valence-corrected chi connectivity index (χ0v) is 12.2. The van der Waals surface area contributed by atoms with Crippen LogP contribution in [0.2, 0.25) is 0 Å². The van der Waals surface area contributed by atoms with Crippen molar-refractivity contribution in [3.05, 3.63) is 69.5 Å². The predicted octanol–water partition coefficient (Wildman–Crippen LogP) is 3.19. The van der Waals surface area contributed by atoms with Gasteiger partial charge in [-0.15, -0.1) is 0 Å². The summed E-state index contributed by atoms with van der Waals surface area (Å²) in [6, 6.07) is 11.9. The van der Waals surface area contributed by atoms with Gasteiger partial charge in [0.05, 0.1) is 4.92 Å². The van der Waals surface area contributed by atoms with Gasteiger partial charge in [-0.25, -0.2) is 0 Å². The van der Waals surface area contributed by atoms with Crippen molar-refractivity contribution in [2.75, 3.05) is 6.54 Å². The van der Waals surface area contributed by atoms with Crippen molar-refractivity contribution in [2.24, 2.45) is 0 Å². The first-order valence-corrected chi connectivity index (χ1v) is 7.00. The Labute approximate surface area is 124 Å². The third-order valence-corrected chi connectivity index (χ3v) is 3.43. The first kappa shape index (κ1) is 15.1. The van der Waals surface area contributed by atoms with Gasteiger partial charge in [0, 0.05) is 24.2 Å². The molecular formula is C16H19N3O2. The molecule has 1 heterocycles. The third kappa shape index (κ3) is 3.86. The number of benzene rings is 1. The number of hydrogen-bond donors (Lipinski definition) is 1. The standard InChI is InChI=1S/C16H19N3O2/c1-3-17-16(13-7-5-4-6-8-13)10-15-12(2)9-14(11-18-15)19(20)21/h4-9,11,16-17H,3,10H2,1-2H3. The fourth-order valence-corrected chi connectivity index (χ4v) is 2.33. The molecule has 1 N–H and O–H groups in total. The second-order valence-corrected chi connectivity index (χ2v) is 4.94. The molecule has 0 amide bonds. The van der Waals surface area contributed by atoms with E-state index in [1.165, 1.54) is 11.8 Å². The molecule has 2 rings (SSSR count). The average Bonchev–Trinajstić information content (AvgIpc) is 2.49. The lowest BCUT2D eigenvalue weighted by Crippen LogP contribution is -2.23. The second-order valence-electron chi connectivity index (χ2n) is 4.94. The molecule has 1 atom stereocenters. The Hall–Kier alpha value is -2.27. The number of nitro groups is 1. The largest absolute Gasteiger partial charge is 0.310 e. The topological polar surface area (TPSA) is 68.1 Å². The van der Waals surface area contributed by atoms with Gasteiger partial charge in [-0.2, -0.15) is 0 Å². The van der Waals surface area contributed by atoms with Gasteiger partial charge < -0.3 is 5.32 Å². The first-order chi connectivity index (χ1) is 10.1. The second kappa shape index (κ2) is 6.95. The number of nitrogens with one attached hydrogen (secondary N) is 1. The van der Waals surface area contributed by atoms with Gasteiger partial charge in [-0.05, 0) is 24.6 Å². The molecule has 0 saturated carbocycles. The van der Waals surface area contributed by atoms with E-state index in [1.54, 1.807) is 6.07 Å². The lowest BCUT2D eigenvalue weighted by molar-refractivity contribution is -0.385. The van der Waals surface area contributed by atoms with E-state index in [0.717, 1.165) is 17.8 Å². The van der Waals surface area contributed by atoms with E-state index in [9.17, 15) is 10.1 Å². The summed E-state index contributed by atoms with van der Waals surface area (Å²) in [5.74, 6) is 0. The molecule has 0 aliphatic rings. The Balaban J connectivity index is 2.23. The predicted molar refractivity (Wildman–Crippen MR) is 82.2 cm³/mol. The minimum atomic E-state index is -0.414. The molecule has 21 heavy (non-hydrogen) atoms. The van der Waals surface area contributed by atoms with Gasteiger partial charge in [0.15, 0.2) is 0 Å². The summed E-state index contributed by atoms with van der Waals surface area (Å²) in [6.45, 7) is 4.78. The minimum absolute atomic E-state index is 0.0379. The molecule has 2 aromatic rings. The van der Waals surface area contributed by atoms with Crippen molar-refractivity contribution in [3.8, 4) is 0 Å². The smallest absolute Gasteiger partial charge is 0.287 e. The van der Waals surface area contributed by atoms with Crippen LogP contribution in [0.1, 0.15) is 29.8 Å². The summed E-state index contributed by atoms with van der Waals surface area (Å²) in [4.78, 5) is 14.6. The molecule has 0 aliphatic carbocycles. The highest BCUT2D eigenvalue weighted by atomic mass is 16.6. The molecule has 0 saturated heterocycles. The zero-order valence-electron chi connectivity index (χ0n) is 12.2. The van der Waals surface area contributed by atoms with Gasteiger partial charge in [0.2, 0.25) is 0 Å². The fraction of sp³-hybridized carbons (Fsp3) is 0.312. The fourth-order valence-electron chi connectivity index (χ4n) is 2.33. The number of aromatic nitrogens is 1. The first-order valence-electron chi connectivity index (χ1n) is 7.00. The van der Waals surface area contributed by atoms with Crippen molar-refractivity contribution >= 4 is 5.69 Å². The van der Waals surface area contributed by atoms with Gasteiger partial charge >= 0.3 is 0 Å². The van der Waals surface area contributed by atoms with E-state index >= 15 is 0 Å². The van der Waals surface area contributed by atoms with E-state index in [0.29, 0.717) is 6.42 Å². The molecule has 5 heteroatoms. The van der Waals surface area contributed by atoms with Crippen molar-refractivity contribution < 1.29 is 4.92 Å². The van der Waals surface area contributed by atoms with Crippen LogP contribution in [0.3, 0.4) is 0 Å². The van der Waals surface area contributed by atoms with Crippen molar-refractivity contribution in [2.45, 2.75) is 26.3 Å². The molecule has 1 aromatic carbocycles. The molecule has 1 aromatic heterocycles. The molecular weight excluding hydrogens is 266 g/mol. The van der Waals surface area contributed by atoms with Gasteiger partial charge in [-0.3, -0.25) is 15.1 Å². The maximum absolute atomic E-state index is 10.8. The molecule has 5 nitrogen and oxygen atoms in total. The highest BCUT2D eigenvalue weighted by Gasteiger charge is 2.15. The van der Waals surface area contributed by atoms with E-state index in [-0.39, 0.29) is 11.7 Å². The van der Waals surface area contributed by atoms with E-state index < -0.39 is 4.92 Å². The van der Waals surface area contributed by atoms with Crippen LogP contribution in [0.4, 0.5) is 5.69 Å². The Morgan fingerprint density at radius 2 is 2.05 bits per heavy atom. The van der Waals surface area contributed by atoms with Gasteiger partial charge in [0.1, 0.15) is 6.20 Å². The van der Waals surface area contributed by atoms with Crippen LogP contribution in [0.25, 0.3) is 0 Å². The Kier molecular flexibility index (Phi) is 5.00. The Bertz CT molecular complexity index is 614. The van der Waals surface area contributed by atoms with Crippen LogP contribution in [-0.4, -0.2) is 16.5 Å². The number of nitrogens with zero attached hydrogens (tertiary/aromatic N) is 2. The normalized spacial score (nSPS) is 12.1. The van der Waals surface area contributed by atoms with Crippen LogP contribution in [0, 0.1) is 17.0 Å². The molecule has 0 spiro atoms. The average molecular weight is 285 g/mol. The van der Waals surface area contributed by atoms with E-state index in [2.05, 4.69) is 29.4 Å². The molecule has 0 fully saturated rings. The van der Waals surface area contributed by atoms with E-state index in [1.807, 2.05) is 25.1 Å². The lowest BCUT2D eigenvalue weighted by Gasteiger charge is -2.18. The third-order valence-electron chi connectivity index (χ3n) is 3.43. The number of rotatable bonds is 6. The molecule has 110 valence electrons. The van der Waals surface area contributed by atoms with Gasteiger partial charge in [0.25, 0.3) is 5.69 Å². The van der Waals surface area contributed by atoms with Crippen molar-refractivity contribution in [1.29, 1.82) is 0 Å². The summed E-state index contributed by atoms with van der Waals surface area (Å²) >= 11 is 0. The number of aryl methyl sites for hydroxylation is 1. The SMILES string of the molecule is CCNC(Cc1ncc([N+](=O)[O-])cc1C)c1ccccc1. The maximum atomic E-state index is 10.8. The monoisotopic (exact) mass is 285 g/mol. The van der Waals surface area contributed by atoms with Crippen LogP contribution >= 0.6 is 0 Å². The Morgan fingerprint density at radius 3 is 2.62 bits per heavy atom. The molecule has 0 aliphatic heterocycles. The van der Waals surface area contributed by atoms with Crippen LogP contribution in [0.15, 0.2) is 42.6 Å². The van der Waals surface area contributed by atoms with Crippen LogP contribution in [-0.2, 0) is 6.42 Å². The molecule has 0 radical (unpaired) electrons. The quantitative estimate of drug-likeness (QED) is 0.653. The molecule has 0 bridgehead atoms. The van der Waals surface area contributed by atoms with E-state index in [4.69, 9.17) is 0 Å².